The lowest BCUT2D eigenvalue weighted by molar-refractivity contribution is -0.122. The van der Waals surface area contributed by atoms with Gasteiger partial charge in [0.25, 0.3) is 5.91 Å². The molecule has 1 unspecified atom stereocenters. The predicted octanol–water partition coefficient (Wildman–Crippen LogP) is 6.59. The van der Waals surface area contributed by atoms with Crippen LogP contribution in [0.5, 0.6) is 5.75 Å². The van der Waals surface area contributed by atoms with Crippen molar-refractivity contribution < 1.29 is 18.7 Å². The van der Waals surface area contributed by atoms with Crippen LogP contribution in [-0.4, -0.2) is 55.4 Å². The number of methoxy groups -OCH3 is 2. The van der Waals surface area contributed by atoms with Gasteiger partial charge in [-0.1, -0.05) is 13.8 Å². The minimum atomic E-state index is -0.324. The Morgan fingerprint density at radius 3 is 2.57 bits per heavy atom. The topological polar surface area (TPSA) is 54.4 Å². The van der Waals surface area contributed by atoms with Crippen molar-refractivity contribution in [2.45, 2.75) is 52.0 Å². The summed E-state index contributed by atoms with van der Waals surface area (Å²) in [6.07, 6.45) is 3.64. The molecule has 2 aliphatic rings. The Labute approximate surface area is 223 Å². The number of amides is 1. The minimum absolute atomic E-state index is 0.0409. The van der Waals surface area contributed by atoms with Gasteiger partial charge in [-0.05, 0) is 92.4 Å². The Kier molecular flexibility index (Phi) is 8.29. The van der Waals surface area contributed by atoms with Gasteiger partial charge in [-0.3, -0.25) is 9.69 Å². The molecule has 37 heavy (non-hydrogen) atoms. The fourth-order valence-electron chi connectivity index (χ4n) is 5.16. The summed E-state index contributed by atoms with van der Waals surface area (Å²) in [5, 5.41) is 0.543. The Morgan fingerprint density at radius 2 is 1.92 bits per heavy atom. The van der Waals surface area contributed by atoms with Crippen LogP contribution in [0.15, 0.2) is 46.3 Å². The van der Waals surface area contributed by atoms with Crippen molar-refractivity contribution in [3.63, 3.8) is 0 Å². The first kappa shape index (κ1) is 27.2. The lowest BCUT2D eigenvalue weighted by Gasteiger charge is -2.47. The van der Waals surface area contributed by atoms with E-state index in [4.69, 9.17) is 14.5 Å². The summed E-state index contributed by atoms with van der Waals surface area (Å²) < 4.78 is 25.9. The largest absolute Gasteiger partial charge is 0.497 e. The SMILES string of the molecule is CCCN1c2cc(F)c(/C=C3/SC(=Nc4ccc(OC)cc4)N(CCOC)C3=O)cc2C(C)CC1(C)C. The Balaban J connectivity index is 1.70. The second kappa shape index (κ2) is 11.3. The van der Waals surface area contributed by atoms with Crippen LogP contribution in [0.4, 0.5) is 15.8 Å². The van der Waals surface area contributed by atoms with E-state index >= 15 is 4.39 Å². The van der Waals surface area contributed by atoms with E-state index in [2.05, 4.69) is 32.6 Å². The third-order valence-electron chi connectivity index (χ3n) is 6.94. The third kappa shape index (κ3) is 5.70. The molecule has 0 saturated carbocycles. The molecule has 2 aromatic carbocycles. The molecule has 0 aromatic heterocycles. The maximum absolute atomic E-state index is 15.5. The Morgan fingerprint density at radius 1 is 1.19 bits per heavy atom. The molecule has 1 amide bonds. The summed E-state index contributed by atoms with van der Waals surface area (Å²) in [7, 11) is 3.20. The van der Waals surface area contributed by atoms with Gasteiger partial charge < -0.3 is 14.4 Å². The number of benzene rings is 2. The zero-order chi connectivity index (χ0) is 26.7. The summed E-state index contributed by atoms with van der Waals surface area (Å²) in [6.45, 7) is 10.4. The molecule has 0 bridgehead atoms. The molecular weight excluding hydrogens is 489 g/mol. The first-order chi connectivity index (χ1) is 17.7. The van der Waals surface area contributed by atoms with Crippen LogP contribution in [0.3, 0.4) is 0 Å². The van der Waals surface area contributed by atoms with Gasteiger partial charge in [-0.25, -0.2) is 9.38 Å². The summed E-state index contributed by atoms with van der Waals surface area (Å²) in [6, 6.07) is 10.9. The number of rotatable bonds is 8. The number of ether oxygens (including phenoxy) is 2. The highest BCUT2D eigenvalue weighted by atomic mass is 32.2. The van der Waals surface area contributed by atoms with Crippen LogP contribution in [0.25, 0.3) is 6.08 Å². The maximum atomic E-state index is 15.5. The molecular formula is C29H36FN3O3S. The standard InChI is InChI=1S/C29H36FN3O3S/c1-7-12-33-25-17-24(30)20(15-23(25)19(2)18-29(33,3)4)16-26-27(34)32(13-14-35-5)28(37-26)31-21-8-10-22(36-6)11-9-21/h8-11,15-17,19H,7,12-14,18H2,1-6H3/b26-16+,31-28?. The molecule has 0 N–H and O–H groups in total. The molecule has 0 spiro atoms. The van der Waals surface area contributed by atoms with Crippen LogP contribution in [0.1, 0.15) is 57.6 Å². The molecule has 4 rings (SSSR count). The molecule has 1 atom stereocenters. The van der Waals surface area contributed by atoms with Crippen molar-refractivity contribution in [1.82, 2.24) is 4.90 Å². The van der Waals surface area contributed by atoms with E-state index in [1.165, 1.54) is 11.8 Å². The minimum Gasteiger partial charge on any atom is -0.497 e. The smallest absolute Gasteiger partial charge is 0.266 e. The van der Waals surface area contributed by atoms with Crippen LogP contribution in [0.2, 0.25) is 0 Å². The molecule has 1 fully saturated rings. The third-order valence-corrected chi connectivity index (χ3v) is 7.95. The molecule has 198 valence electrons. The van der Waals surface area contributed by atoms with Gasteiger partial charge in [0.2, 0.25) is 0 Å². The van der Waals surface area contributed by atoms with Crippen molar-refractivity contribution in [3.05, 3.63) is 58.2 Å². The number of fused-ring (bicyclic) bond motifs is 1. The van der Waals surface area contributed by atoms with E-state index in [1.54, 1.807) is 31.3 Å². The van der Waals surface area contributed by atoms with Gasteiger partial charge in [0.15, 0.2) is 5.17 Å². The van der Waals surface area contributed by atoms with Gasteiger partial charge in [0.1, 0.15) is 11.6 Å². The maximum Gasteiger partial charge on any atom is 0.266 e. The van der Waals surface area contributed by atoms with E-state index < -0.39 is 0 Å². The fraction of sp³-hybridized carbons (Fsp3) is 0.448. The quantitative estimate of drug-likeness (QED) is 0.364. The van der Waals surface area contributed by atoms with Gasteiger partial charge in [0.05, 0.1) is 30.9 Å². The number of carbonyl (C=O) groups excluding carboxylic acids is 1. The van der Waals surface area contributed by atoms with Crippen LogP contribution < -0.4 is 9.64 Å². The van der Waals surface area contributed by atoms with Gasteiger partial charge >= 0.3 is 0 Å². The number of anilines is 1. The number of hydrogen-bond donors (Lipinski definition) is 0. The molecule has 6 nitrogen and oxygen atoms in total. The first-order valence-electron chi connectivity index (χ1n) is 12.7. The summed E-state index contributed by atoms with van der Waals surface area (Å²) in [5.74, 6) is 0.491. The highest BCUT2D eigenvalue weighted by Crippen LogP contribution is 2.45. The summed E-state index contributed by atoms with van der Waals surface area (Å²) in [5.41, 5.74) is 3.17. The van der Waals surface area contributed by atoms with E-state index in [1.807, 2.05) is 30.3 Å². The zero-order valence-electron chi connectivity index (χ0n) is 22.5. The first-order valence-corrected chi connectivity index (χ1v) is 13.5. The summed E-state index contributed by atoms with van der Waals surface area (Å²) in [4.78, 5) is 22.4. The van der Waals surface area contributed by atoms with Gasteiger partial charge in [-0.15, -0.1) is 0 Å². The number of halogens is 1. The van der Waals surface area contributed by atoms with Crippen molar-refractivity contribution in [3.8, 4) is 5.75 Å². The Bertz CT molecular complexity index is 1210. The van der Waals surface area contributed by atoms with E-state index in [0.29, 0.717) is 34.5 Å². The van der Waals surface area contributed by atoms with Gasteiger partial charge in [-0.2, -0.15) is 0 Å². The van der Waals surface area contributed by atoms with E-state index in [-0.39, 0.29) is 23.2 Å². The molecule has 2 aromatic rings. The van der Waals surface area contributed by atoms with Crippen molar-refractivity contribution in [2.75, 3.05) is 38.8 Å². The fourth-order valence-corrected chi connectivity index (χ4v) is 6.17. The van der Waals surface area contributed by atoms with Crippen molar-refractivity contribution in [2.24, 2.45) is 4.99 Å². The number of amidine groups is 1. The van der Waals surface area contributed by atoms with Crippen molar-refractivity contribution >= 4 is 40.3 Å². The van der Waals surface area contributed by atoms with E-state index in [0.717, 1.165) is 36.4 Å². The lowest BCUT2D eigenvalue weighted by Crippen LogP contribution is -2.48. The molecule has 8 heteroatoms. The highest BCUT2D eigenvalue weighted by molar-refractivity contribution is 8.18. The van der Waals surface area contributed by atoms with Crippen molar-refractivity contribution in [1.29, 1.82) is 0 Å². The zero-order valence-corrected chi connectivity index (χ0v) is 23.3. The number of aliphatic imine (C=N–C) groups is 1. The number of thioether (sulfide) groups is 1. The Hall–Kier alpha value is -2.84. The van der Waals surface area contributed by atoms with E-state index in [9.17, 15) is 4.79 Å². The number of nitrogens with zero attached hydrogens (tertiary/aromatic N) is 3. The number of hydrogen-bond acceptors (Lipinski definition) is 6. The molecule has 0 radical (unpaired) electrons. The highest BCUT2D eigenvalue weighted by Gasteiger charge is 2.37. The second-order valence-corrected chi connectivity index (χ2v) is 11.2. The average Bonchev–Trinajstić information content (AvgIpc) is 3.15. The average molecular weight is 526 g/mol. The predicted molar refractivity (Wildman–Crippen MR) is 150 cm³/mol. The van der Waals surface area contributed by atoms with Crippen LogP contribution in [0, 0.1) is 5.82 Å². The molecule has 1 saturated heterocycles. The number of carbonyl (C=O) groups is 1. The lowest BCUT2D eigenvalue weighted by atomic mass is 9.79. The normalized spacial score (nSPS) is 21.2. The molecule has 0 aliphatic carbocycles. The monoisotopic (exact) mass is 525 g/mol. The van der Waals surface area contributed by atoms with Crippen LogP contribution in [-0.2, 0) is 9.53 Å². The molecule has 2 heterocycles. The second-order valence-electron chi connectivity index (χ2n) is 10.2. The summed E-state index contributed by atoms with van der Waals surface area (Å²) >= 11 is 1.26. The van der Waals surface area contributed by atoms with Gasteiger partial charge in [0, 0.05) is 30.4 Å². The van der Waals surface area contributed by atoms with Crippen LogP contribution >= 0.6 is 11.8 Å². The molecule has 2 aliphatic heterocycles.